The van der Waals surface area contributed by atoms with E-state index in [0.29, 0.717) is 63.8 Å². The number of benzene rings is 4. The summed E-state index contributed by atoms with van der Waals surface area (Å²) in [7, 11) is 3.22. The van der Waals surface area contributed by atoms with Crippen LogP contribution in [0.5, 0.6) is 0 Å². The SMILES string of the molecule is CN[C@@H](C)C(=O)N[C@H](C(=O)N1CCC[C@H]1Cc1c(-c2ccc(F)cc2)n(C2CCNCC2)c2cc(F)ccc12)C(C)(C)C.C[C@@H](C(=O)N[C@H](C(=O)N1CCC[C@H]1Cc1c(-c2ccc(F)cc2)n(C2CCN(C(=O)OC(C)(C)C)CC2)c2cc(F)ccc12)C(C)(C)C)N(C)C(=O)OC(C)(C)C. The van der Waals surface area contributed by atoms with Gasteiger partial charge in [0.25, 0.3) is 0 Å². The summed E-state index contributed by atoms with van der Waals surface area (Å²) >= 11 is 0. The Morgan fingerprint density at radius 2 is 0.940 bits per heavy atom. The van der Waals surface area contributed by atoms with E-state index in [1.54, 1.807) is 83.0 Å². The lowest BCUT2D eigenvalue weighted by molar-refractivity contribution is -0.141. The first kappa shape index (κ1) is 76.2. The van der Waals surface area contributed by atoms with E-state index in [4.69, 9.17) is 9.47 Å². The number of hydrogen-bond donors (Lipinski definition) is 4. The smallest absolute Gasteiger partial charge is 0.410 e. The lowest BCUT2D eigenvalue weighted by Gasteiger charge is -2.37. The molecule has 4 fully saturated rings. The molecule has 0 aliphatic carbocycles. The van der Waals surface area contributed by atoms with Crippen molar-refractivity contribution in [2.75, 3.05) is 53.4 Å². The summed E-state index contributed by atoms with van der Waals surface area (Å²) in [6, 6.07) is 19.3. The van der Waals surface area contributed by atoms with Crippen LogP contribution in [0.1, 0.15) is 172 Å². The van der Waals surface area contributed by atoms with Gasteiger partial charge >= 0.3 is 12.2 Å². The van der Waals surface area contributed by atoms with Crippen LogP contribution in [0.25, 0.3) is 44.3 Å². The Balaban J connectivity index is 0.000000242. The van der Waals surface area contributed by atoms with Crippen LogP contribution >= 0.6 is 0 Å². The molecule has 0 spiro atoms. The first-order valence-electron chi connectivity index (χ1n) is 35.6. The number of nitrogens with zero attached hydrogens (tertiary/aromatic N) is 6. The predicted molar refractivity (Wildman–Crippen MR) is 383 cm³/mol. The average molecular weight is 1390 g/mol. The number of rotatable bonds is 16. The van der Waals surface area contributed by atoms with E-state index in [1.165, 1.54) is 54.4 Å². The lowest BCUT2D eigenvalue weighted by atomic mass is 9.85. The quantitative estimate of drug-likeness (QED) is 0.0678. The molecule has 0 radical (unpaired) electrons. The van der Waals surface area contributed by atoms with Gasteiger partial charge in [-0.1, -0.05) is 41.5 Å². The number of fused-ring (bicyclic) bond motifs is 2. The molecule has 4 saturated heterocycles. The summed E-state index contributed by atoms with van der Waals surface area (Å²) in [4.78, 5) is 87.8. The van der Waals surface area contributed by atoms with Gasteiger partial charge in [-0.15, -0.1) is 0 Å². The van der Waals surface area contributed by atoms with Gasteiger partial charge in [-0.3, -0.25) is 24.1 Å². The highest BCUT2D eigenvalue weighted by atomic mass is 19.1. The zero-order valence-corrected chi connectivity index (χ0v) is 61.5. The highest BCUT2D eigenvalue weighted by molar-refractivity contribution is 5.96. The van der Waals surface area contributed by atoms with E-state index in [9.17, 15) is 41.9 Å². The summed E-state index contributed by atoms with van der Waals surface area (Å²) in [6.07, 6.45) is 6.14. The van der Waals surface area contributed by atoms with Crippen molar-refractivity contribution in [3.63, 3.8) is 0 Å². The minimum absolute atomic E-state index is 0.0804. The summed E-state index contributed by atoms with van der Waals surface area (Å²) in [5.41, 5.74) is 4.38. The molecular formula is C78H106F4N10O8. The van der Waals surface area contributed by atoms with Gasteiger partial charge in [-0.05, 0) is 258 Å². The van der Waals surface area contributed by atoms with E-state index in [0.717, 1.165) is 95.1 Å². The molecule has 100 heavy (non-hydrogen) atoms. The van der Waals surface area contributed by atoms with E-state index in [-0.39, 0.29) is 65.4 Å². The molecule has 544 valence electrons. The predicted octanol–water partition coefficient (Wildman–Crippen LogP) is 13.7. The Bertz CT molecular complexity index is 3910. The molecule has 4 N–H and O–H groups in total. The Hall–Kier alpha value is -7.98. The molecule has 4 aromatic carbocycles. The number of carbonyl (C=O) groups is 6. The van der Waals surface area contributed by atoms with Crippen LogP contribution in [-0.4, -0.2) is 165 Å². The molecule has 6 amide bonds. The number of carbonyl (C=O) groups excluding carboxylic acids is 6. The number of aromatic nitrogens is 2. The molecule has 2 aromatic heterocycles. The van der Waals surface area contributed by atoms with Crippen LogP contribution in [0, 0.1) is 34.1 Å². The molecule has 0 unspecified atom stereocenters. The van der Waals surface area contributed by atoms with Crippen molar-refractivity contribution in [3.8, 4) is 22.5 Å². The number of hydrogen-bond acceptors (Lipinski definition) is 10. The number of likely N-dealkylation sites (tertiary alicyclic amines) is 3. The maximum atomic E-state index is 15.2. The van der Waals surface area contributed by atoms with Crippen LogP contribution in [0.3, 0.4) is 0 Å². The maximum absolute atomic E-state index is 15.2. The number of piperidine rings is 2. The first-order valence-corrected chi connectivity index (χ1v) is 35.6. The van der Waals surface area contributed by atoms with Gasteiger partial charge in [-0.25, -0.2) is 27.2 Å². The minimum atomic E-state index is -0.910. The third-order valence-corrected chi connectivity index (χ3v) is 20.0. The number of nitrogens with one attached hydrogen (secondary N) is 4. The van der Waals surface area contributed by atoms with Crippen molar-refractivity contribution in [3.05, 3.63) is 119 Å². The monoisotopic (exact) mass is 1390 g/mol. The minimum Gasteiger partial charge on any atom is -0.444 e. The third kappa shape index (κ3) is 17.8. The lowest BCUT2D eigenvalue weighted by Crippen LogP contribution is -2.59. The molecule has 4 aliphatic rings. The average Bonchev–Trinajstić information content (AvgIpc) is 1.59. The van der Waals surface area contributed by atoms with E-state index >= 15 is 4.39 Å². The molecular weight excluding hydrogens is 1280 g/mol. The second kappa shape index (κ2) is 31.1. The highest BCUT2D eigenvalue weighted by Gasteiger charge is 2.44. The Kier molecular flexibility index (Phi) is 23.7. The molecule has 6 heterocycles. The zero-order chi connectivity index (χ0) is 73.1. The van der Waals surface area contributed by atoms with Gasteiger partial charge in [0, 0.05) is 68.2 Å². The molecule has 10 rings (SSSR count). The van der Waals surface area contributed by atoms with Crippen LogP contribution in [0.4, 0.5) is 27.2 Å². The van der Waals surface area contributed by atoms with Crippen molar-refractivity contribution in [1.29, 1.82) is 0 Å². The Morgan fingerprint density at radius 1 is 0.540 bits per heavy atom. The number of ether oxygens (including phenoxy) is 2. The molecule has 6 aromatic rings. The zero-order valence-electron chi connectivity index (χ0n) is 61.5. The van der Waals surface area contributed by atoms with Gasteiger partial charge < -0.3 is 54.6 Å². The summed E-state index contributed by atoms with van der Waals surface area (Å²) in [6.45, 7) is 29.5. The number of amides is 6. The first-order chi connectivity index (χ1) is 46.9. The second-order valence-electron chi connectivity index (χ2n) is 31.9. The molecule has 4 aliphatic heterocycles. The third-order valence-electron chi connectivity index (χ3n) is 20.0. The molecule has 0 bridgehead atoms. The van der Waals surface area contributed by atoms with Crippen LogP contribution in [0.2, 0.25) is 0 Å². The normalized spacial score (nSPS) is 18.7. The van der Waals surface area contributed by atoms with Crippen molar-refractivity contribution < 1.29 is 55.8 Å². The van der Waals surface area contributed by atoms with Crippen LogP contribution in [-0.2, 0) is 41.5 Å². The van der Waals surface area contributed by atoms with E-state index < -0.39 is 64.0 Å². The fourth-order valence-electron chi connectivity index (χ4n) is 14.5. The Morgan fingerprint density at radius 3 is 1.34 bits per heavy atom. The topological polar surface area (TPSA) is 192 Å². The van der Waals surface area contributed by atoms with Crippen LogP contribution in [0.15, 0.2) is 84.9 Å². The molecule has 18 nitrogen and oxygen atoms in total. The van der Waals surface area contributed by atoms with Crippen molar-refractivity contribution in [1.82, 2.24) is 50.0 Å². The maximum Gasteiger partial charge on any atom is 0.410 e. The second-order valence-corrected chi connectivity index (χ2v) is 31.9. The van der Waals surface area contributed by atoms with Crippen LogP contribution < -0.4 is 21.3 Å². The van der Waals surface area contributed by atoms with Crippen molar-refractivity contribution in [2.45, 2.75) is 221 Å². The van der Waals surface area contributed by atoms with E-state index in [1.807, 2.05) is 78.2 Å². The molecule has 6 atom stereocenters. The Labute approximate surface area is 587 Å². The molecule has 0 saturated carbocycles. The summed E-state index contributed by atoms with van der Waals surface area (Å²) in [5, 5.41) is 14.2. The van der Waals surface area contributed by atoms with Gasteiger partial charge in [-0.2, -0.15) is 0 Å². The fraction of sp³-hybridized carbons (Fsp3) is 0.564. The van der Waals surface area contributed by atoms with Gasteiger partial charge in [0.1, 0.15) is 52.6 Å². The van der Waals surface area contributed by atoms with Gasteiger partial charge in [0.05, 0.1) is 28.5 Å². The van der Waals surface area contributed by atoms with E-state index in [2.05, 4.69) is 30.4 Å². The fourth-order valence-corrected chi connectivity index (χ4v) is 14.5. The largest absolute Gasteiger partial charge is 0.444 e. The van der Waals surface area contributed by atoms with Crippen molar-refractivity contribution in [2.24, 2.45) is 10.8 Å². The van der Waals surface area contributed by atoms with Gasteiger partial charge in [0.2, 0.25) is 23.6 Å². The highest BCUT2D eigenvalue weighted by Crippen LogP contribution is 2.44. The standard InChI is InChI=1S/C44H61F2N5O6.C34H45F2N5O2/c1-27(48(11)40(54)56-43(5,6)7)38(52)47-37(42(2,3)4)39(53)50-22-12-13-32(50)26-34-33-19-18-30(46)25-35(33)51(36(34)28-14-16-29(45)17-15-28)31-20-23-49(24-21-31)41(55)57-44(8,9)10;1-21(37-5)32(42)39-31(34(2,3)4)33(43)40-18-6-7-26(40)20-28-27-13-12-24(36)19-29(27)41(25-14-16-38-17-15-25)30(28)22-8-10-23(35)11-9-22/h14-19,25,27,31-32,37H,12-13,20-24,26H2,1-11H3,(H,47,52);8-13,19,21,25-26,31,37-38H,6-7,14-18,20H2,1-5H3,(H,39,42)/t27-,32-,37+;21-,26-,31+/m00/s1. The number of likely N-dealkylation sites (N-methyl/N-ethyl adjacent to an activating group) is 2. The number of halogens is 4. The summed E-state index contributed by atoms with van der Waals surface area (Å²) in [5.74, 6) is -2.37. The summed E-state index contributed by atoms with van der Waals surface area (Å²) < 4.78 is 73.9. The van der Waals surface area contributed by atoms with Gasteiger partial charge in [0.15, 0.2) is 0 Å². The molecule has 22 heteroatoms. The van der Waals surface area contributed by atoms with Crippen molar-refractivity contribution >= 4 is 57.6 Å².